The van der Waals surface area contributed by atoms with E-state index in [-0.39, 0.29) is 0 Å². The first-order chi connectivity index (χ1) is 10.2. The van der Waals surface area contributed by atoms with Crippen LogP contribution in [0.4, 0.5) is 0 Å². The van der Waals surface area contributed by atoms with E-state index in [4.69, 9.17) is 0 Å². The lowest BCUT2D eigenvalue weighted by Gasteiger charge is -2.42. The first-order valence-corrected chi connectivity index (χ1v) is 7.99. The minimum atomic E-state index is 0.335. The molecule has 2 aromatic carbocycles. The van der Waals surface area contributed by atoms with Crippen LogP contribution in [0.3, 0.4) is 0 Å². The summed E-state index contributed by atoms with van der Waals surface area (Å²) >= 11 is 0. The molecule has 1 aliphatic heterocycles. The van der Waals surface area contributed by atoms with Crippen molar-refractivity contribution >= 4 is 0 Å². The molecule has 0 radical (unpaired) electrons. The number of rotatable bonds is 3. The fraction of sp³-hybridized carbons (Fsp3) is 0.400. The van der Waals surface area contributed by atoms with E-state index >= 15 is 0 Å². The molecular weight excluding hydrogens is 254 g/mol. The Morgan fingerprint density at radius 1 is 1.05 bits per heavy atom. The first-order valence-electron chi connectivity index (χ1n) is 7.99. The largest absolute Gasteiger partial charge is 0.316 e. The highest BCUT2D eigenvalue weighted by atomic mass is 14.9. The smallest absolute Gasteiger partial charge is 0.00255 e. The van der Waals surface area contributed by atoms with E-state index in [1.807, 2.05) is 0 Å². The molecule has 0 amide bonds. The molecule has 1 nitrogen and oxygen atoms in total. The molecule has 0 bridgehead atoms. The van der Waals surface area contributed by atoms with Crippen LogP contribution in [0, 0.1) is 12.3 Å². The molecule has 1 heteroatoms. The molecule has 0 aromatic heterocycles. The molecule has 1 heterocycles. The third-order valence-electron chi connectivity index (χ3n) is 4.99. The van der Waals surface area contributed by atoms with Crippen molar-refractivity contribution in [3.05, 3.63) is 71.3 Å². The highest BCUT2D eigenvalue weighted by Crippen LogP contribution is 2.43. The van der Waals surface area contributed by atoms with Crippen LogP contribution in [0.15, 0.2) is 54.6 Å². The van der Waals surface area contributed by atoms with E-state index in [0.717, 1.165) is 19.5 Å². The number of hydrogen-bond acceptors (Lipinski definition) is 1. The van der Waals surface area contributed by atoms with Gasteiger partial charge in [0.2, 0.25) is 0 Å². The minimum absolute atomic E-state index is 0.335. The van der Waals surface area contributed by atoms with Gasteiger partial charge in [-0.3, -0.25) is 0 Å². The summed E-state index contributed by atoms with van der Waals surface area (Å²) in [5, 5.41) is 3.59. The highest BCUT2D eigenvalue weighted by Gasteiger charge is 2.37. The normalized spacial score (nSPS) is 25.7. The zero-order chi connectivity index (χ0) is 14.7. The molecule has 21 heavy (non-hydrogen) atoms. The van der Waals surface area contributed by atoms with Gasteiger partial charge in [0, 0.05) is 12.5 Å². The van der Waals surface area contributed by atoms with Gasteiger partial charge in [0.25, 0.3) is 0 Å². The van der Waals surface area contributed by atoms with Crippen LogP contribution in [-0.2, 0) is 6.42 Å². The van der Waals surface area contributed by atoms with Crippen molar-refractivity contribution in [3.63, 3.8) is 0 Å². The van der Waals surface area contributed by atoms with Crippen molar-refractivity contribution in [1.29, 1.82) is 0 Å². The van der Waals surface area contributed by atoms with Gasteiger partial charge in [0.1, 0.15) is 0 Å². The summed E-state index contributed by atoms with van der Waals surface area (Å²) in [6.45, 7) is 6.84. The molecule has 110 valence electrons. The van der Waals surface area contributed by atoms with Crippen molar-refractivity contribution in [1.82, 2.24) is 5.32 Å². The zero-order valence-electron chi connectivity index (χ0n) is 13.1. The Labute approximate surface area is 128 Å². The van der Waals surface area contributed by atoms with Gasteiger partial charge in [-0.25, -0.2) is 0 Å². The van der Waals surface area contributed by atoms with Crippen molar-refractivity contribution in [2.24, 2.45) is 5.41 Å². The fourth-order valence-electron chi connectivity index (χ4n) is 3.63. The van der Waals surface area contributed by atoms with Gasteiger partial charge >= 0.3 is 0 Å². The topological polar surface area (TPSA) is 12.0 Å². The van der Waals surface area contributed by atoms with Gasteiger partial charge in [-0.05, 0) is 42.9 Å². The quantitative estimate of drug-likeness (QED) is 0.882. The number of nitrogens with one attached hydrogen (secondary N) is 1. The van der Waals surface area contributed by atoms with Crippen molar-refractivity contribution in [2.45, 2.75) is 32.6 Å². The maximum Gasteiger partial charge on any atom is 0.00255 e. The predicted molar refractivity (Wildman–Crippen MR) is 89.7 cm³/mol. The van der Waals surface area contributed by atoms with Crippen LogP contribution in [0.2, 0.25) is 0 Å². The summed E-state index contributed by atoms with van der Waals surface area (Å²) in [5.74, 6) is 0.590. The van der Waals surface area contributed by atoms with E-state index in [2.05, 4.69) is 73.8 Å². The molecule has 0 saturated carbocycles. The predicted octanol–water partition coefficient (Wildman–Crippen LogP) is 4.32. The maximum atomic E-state index is 3.59. The van der Waals surface area contributed by atoms with Gasteiger partial charge in [-0.2, -0.15) is 0 Å². The number of benzene rings is 2. The van der Waals surface area contributed by atoms with Crippen molar-refractivity contribution < 1.29 is 0 Å². The van der Waals surface area contributed by atoms with Gasteiger partial charge in [-0.15, -0.1) is 0 Å². The lowest BCUT2D eigenvalue weighted by Crippen LogP contribution is -2.43. The van der Waals surface area contributed by atoms with Gasteiger partial charge in [-0.1, -0.05) is 67.1 Å². The van der Waals surface area contributed by atoms with Gasteiger partial charge < -0.3 is 5.32 Å². The molecule has 0 spiro atoms. The highest BCUT2D eigenvalue weighted by molar-refractivity contribution is 5.28. The standard InChI is InChI=1S/C20H25N/c1-16-8-10-18(11-9-16)19-15-21-13-12-20(19,2)14-17-6-4-3-5-7-17/h3-11,19,21H,12-15H2,1-2H3. The molecule has 2 aromatic rings. The van der Waals surface area contributed by atoms with Crippen LogP contribution in [-0.4, -0.2) is 13.1 Å². The second-order valence-electron chi connectivity index (χ2n) is 6.73. The summed E-state index contributed by atoms with van der Waals surface area (Å²) in [6, 6.07) is 20.1. The third-order valence-corrected chi connectivity index (χ3v) is 4.99. The summed E-state index contributed by atoms with van der Waals surface area (Å²) < 4.78 is 0. The SMILES string of the molecule is Cc1ccc(C2CNCCC2(C)Cc2ccccc2)cc1. The maximum absolute atomic E-state index is 3.59. The molecule has 1 saturated heterocycles. The Balaban J connectivity index is 1.88. The van der Waals surface area contributed by atoms with E-state index < -0.39 is 0 Å². The van der Waals surface area contributed by atoms with Gasteiger partial charge in [0.15, 0.2) is 0 Å². The molecule has 1 fully saturated rings. The molecular formula is C20H25N. The molecule has 2 unspecified atom stereocenters. The van der Waals surface area contributed by atoms with Crippen LogP contribution in [0.5, 0.6) is 0 Å². The van der Waals surface area contributed by atoms with E-state index in [1.54, 1.807) is 0 Å². The Hall–Kier alpha value is -1.60. The monoisotopic (exact) mass is 279 g/mol. The second-order valence-corrected chi connectivity index (χ2v) is 6.73. The van der Waals surface area contributed by atoms with Crippen molar-refractivity contribution in [3.8, 4) is 0 Å². The minimum Gasteiger partial charge on any atom is -0.316 e. The molecule has 3 rings (SSSR count). The number of aryl methyl sites for hydroxylation is 1. The van der Waals surface area contributed by atoms with Crippen LogP contribution >= 0.6 is 0 Å². The number of piperidine rings is 1. The molecule has 1 aliphatic rings. The molecule has 2 atom stereocenters. The zero-order valence-corrected chi connectivity index (χ0v) is 13.1. The molecule has 0 aliphatic carbocycles. The van der Waals surface area contributed by atoms with Crippen LogP contribution in [0.1, 0.15) is 36.0 Å². The van der Waals surface area contributed by atoms with Crippen LogP contribution in [0.25, 0.3) is 0 Å². The number of hydrogen-bond donors (Lipinski definition) is 1. The van der Waals surface area contributed by atoms with Crippen LogP contribution < -0.4 is 5.32 Å². The summed E-state index contributed by atoms with van der Waals surface area (Å²) in [7, 11) is 0. The Morgan fingerprint density at radius 3 is 2.48 bits per heavy atom. The average Bonchev–Trinajstić information content (AvgIpc) is 2.49. The van der Waals surface area contributed by atoms with E-state index in [1.165, 1.54) is 23.1 Å². The lowest BCUT2D eigenvalue weighted by molar-refractivity contribution is 0.186. The Bertz CT molecular complexity index is 573. The third kappa shape index (κ3) is 3.19. The Morgan fingerprint density at radius 2 is 1.76 bits per heavy atom. The van der Waals surface area contributed by atoms with Crippen molar-refractivity contribution in [2.75, 3.05) is 13.1 Å². The summed E-state index contributed by atoms with van der Waals surface area (Å²) in [4.78, 5) is 0. The van der Waals surface area contributed by atoms with E-state index in [0.29, 0.717) is 11.3 Å². The first kappa shape index (κ1) is 14.3. The average molecular weight is 279 g/mol. The van der Waals surface area contributed by atoms with E-state index in [9.17, 15) is 0 Å². The van der Waals surface area contributed by atoms with Gasteiger partial charge in [0.05, 0.1) is 0 Å². The lowest BCUT2D eigenvalue weighted by atomic mass is 9.66. The summed E-state index contributed by atoms with van der Waals surface area (Å²) in [5.41, 5.74) is 4.61. The molecule has 1 N–H and O–H groups in total. The summed E-state index contributed by atoms with van der Waals surface area (Å²) in [6.07, 6.45) is 2.40. The second kappa shape index (κ2) is 6.03. The fourth-order valence-corrected chi connectivity index (χ4v) is 3.63. The Kier molecular flexibility index (Phi) is 4.12.